The van der Waals surface area contributed by atoms with E-state index in [-0.39, 0.29) is 0 Å². The summed E-state index contributed by atoms with van der Waals surface area (Å²) in [6, 6.07) is 18.5. The number of nitroso groups, excluding NO2 is 1. The zero-order valence-electron chi connectivity index (χ0n) is 16.0. The molecule has 2 aromatic carbocycles. The molecule has 2 heterocycles. The molecule has 0 amide bonds. The van der Waals surface area contributed by atoms with E-state index in [1.807, 2.05) is 53.7 Å². The molecule has 8 heteroatoms. The third kappa shape index (κ3) is 5.27. The lowest BCUT2D eigenvalue weighted by Gasteiger charge is -2.09. The van der Waals surface area contributed by atoms with Crippen LogP contribution < -0.4 is 10.5 Å². The molecule has 2 N–H and O–H groups in total. The molecule has 0 saturated heterocycles. The topological polar surface area (TPSA) is 94.9 Å². The first-order valence-electron chi connectivity index (χ1n) is 9.39. The summed E-state index contributed by atoms with van der Waals surface area (Å²) in [5, 5.41) is 5.76. The molecule has 0 aliphatic carbocycles. The Hall–Kier alpha value is -3.58. The molecule has 4 rings (SSSR count). The van der Waals surface area contributed by atoms with Crippen molar-refractivity contribution in [3.63, 3.8) is 0 Å². The van der Waals surface area contributed by atoms with Gasteiger partial charge in [-0.1, -0.05) is 35.9 Å². The van der Waals surface area contributed by atoms with Gasteiger partial charge in [-0.15, -0.1) is 0 Å². The van der Waals surface area contributed by atoms with E-state index in [0.717, 1.165) is 16.9 Å². The molecular formula is C22H19ClN5O2+. The number of furan rings is 1. The average Bonchev–Trinajstić information content (AvgIpc) is 3.28. The Morgan fingerprint density at radius 2 is 1.50 bits per heavy atom. The van der Waals surface area contributed by atoms with Gasteiger partial charge in [0.05, 0.1) is 12.8 Å². The largest absolute Gasteiger partial charge is 0.467 e. The Kier molecular flexibility index (Phi) is 6.10. The molecule has 0 radical (unpaired) electrons. The predicted molar refractivity (Wildman–Crippen MR) is 113 cm³/mol. The van der Waals surface area contributed by atoms with E-state index in [2.05, 4.69) is 20.3 Å². The highest BCUT2D eigenvalue weighted by molar-refractivity contribution is 6.30. The van der Waals surface area contributed by atoms with E-state index >= 15 is 0 Å². The molecule has 0 unspecified atom stereocenters. The monoisotopic (exact) mass is 420 g/mol. The maximum atomic E-state index is 10.7. The zero-order chi connectivity index (χ0) is 20.8. The highest BCUT2D eigenvalue weighted by Gasteiger charge is 2.10. The predicted octanol–water partition coefficient (Wildman–Crippen LogP) is 3.39. The number of hydrogen-bond donors (Lipinski definition) is 2. The zero-order valence-corrected chi connectivity index (χ0v) is 16.8. The molecule has 0 bridgehead atoms. The highest BCUT2D eigenvalue weighted by Crippen LogP contribution is 2.15. The van der Waals surface area contributed by atoms with Gasteiger partial charge in [0.15, 0.2) is 0 Å². The summed E-state index contributed by atoms with van der Waals surface area (Å²) in [4.78, 5) is 24.5. The van der Waals surface area contributed by atoms with Gasteiger partial charge in [0.2, 0.25) is 5.95 Å². The fraction of sp³-hybridized carbons (Fsp3) is 0.136. The fourth-order valence-electron chi connectivity index (χ4n) is 2.94. The van der Waals surface area contributed by atoms with Crippen LogP contribution in [0.1, 0.15) is 28.5 Å². The number of benzene rings is 2. The molecular weight excluding hydrogens is 402 g/mol. The van der Waals surface area contributed by atoms with Crippen LogP contribution in [-0.4, -0.2) is 15.0 Å². The number of hydrogen-bond acceptors (Lipinski definition) is 6. The van der Waals surface area contributed by atoms with Crippen LogP contribution in [0, 0.1) is 4.91 Å². The number of anilines is 1. The van der Waals surface area contributed by atoms with Crippen molar-refractivity contribution >= 4 is 23.2 Å². The van der Waals surface area contributed by atoms with Crippen LogP contribution >= 0.6 is 11.6 Å². The van der Waals surface area contributed by atoms with Crippen molar-refractivity contribution in [2.45, 2.75) is 19.4 Å². The Morgan fingerprint density at radius 1 is 0.867 bits per heavy atom. The van der Waals surface area contributed by atoms with Crippen LogP contribution in [0.2, 0.25) is 5.02 Å². The number of nitrogens with zero attached hydrogens (tertiary/aromatic N) is 3. The van der Waals surface area contributed by atoms with Crippen molar-refractivity contribution < 1.29 is 9.59 Å². The average molecular weight is 421 g/mol. The number of rotatable bonds is 8. The van der Waals surface area contributed by atoms with Gasteiger partial charge in [-0.2, -0.15) is 9.97 Å². The normalized spacial score (nSPS) is 10.7. The Morgan fingerprint density at radius 3 is 2.07 bits per heavy atom. The number of nitrogens with one attached hydrogen (secondary N) is 2. The Labute approximate surface area is 178 Å². The molecule has 0 fully saturated rings. The minimum atomic E-state index is 0.473. The lowest BCUT2D eigenvalue weighted by Crippen LogP contribution is -2.55. The summed E-state index contributed by atoms with van der Waals surface area (Å²) >= 11 is 5.98. The summed E-state index contributed by atoms with van der Waals surface area (Å²) in [5.41, 5.74) is 2.56. The van der Waals surface area contributed by atoms with Gasteiger partial charge in [-0.05, 0) is 35.4 Å². The molecule has 7 nitrogen and oxygen atoms in total. The lowest BCUT2D eigenvalue weighted by atomic mass is 10.1. The van der Waals surface area contributed by atoms with Crippen molar-refractivity contribution in [1.82, 2.24) is 15.0 Å². The van der Waals surface area contributed by atoms with E-state index < -0.39 is 0 Å². The molecule has 4 aromatic rings. The molecule has 2 aromatic heterocycles. The van der Waals surface area contributed by atoms with E-state index in [1.54, 1.807) is 18.4 Å². The van der Waals surface area contributed by atoms with Gasteiger partial charge in [0, 0.05) is 40.1 Å². The van der Waals surface area contributed by atoms with Crippen LogP contribution in [0.5, 0.6) is 0 Å². The third-order valence-corrected chi connectivity index (χ3v) is 4.69. The second kappa shape index (κ2) is 9.28. The van der Waals surface area contributed by atoms with Crippen molar-refractivity contribution in [3.05, 3.63) is 105 Å². The van der Waals surface area contributed by atoms with Gasteiger partial charge in [-0.3, -0.25) is 0 Å². The first-order chi connectivity index (χ1) is 14.7. The van der Waals surface area contributed by atoms with E-state index in [1.165, 1.54) is 0 Å². The van der Waals surface area contributed by atoms with Crippen molar-refractivity contribution in [3.8, 4) is 0 Å². The molecule has 0 aliphatic rings. The van der Waals surface area contributed by atoms with Crippen LogP contribution in [-0.2, 0) is 19.4 Å². The van der Waals surface area contributed by atoms with Crippen molar-refractivity contribution in [2.75, 3.05) is 5.32 Å². The van der Waals surface area contributed by atoms with Crippen molar-refractivity contribution in [1.29, 1.82) is 0 Å². The summed E-state index contributed by atoms with van der Waals surface area (Å²) in [5.74, 6) is 2.57. The molecule has 150 valence electrons. The Balaban J connectivity index is 1.58. The minimum absolute atomic E-state index is 0.473. The molecule has 0 saturated carbocycles. The number of halogens is 1. The second-order valence-corrected chi connectivity index (χ2v) is 7.14. The lowest BCUT2D eigenvalue weighted by molar-refractivity contribution is -0.379. The maximum absolute atomic E-state index is 10.7. The minimum Gasteiger partial charge on any atom is -0.467 e. The highest BCUT2D eigenvalue weighted by atomic mass is 35.5. The van der Waals surface area contributed by atoms with Gasteiger partial charge in [-0.25, -0.2) is 4.98 Å². The quantitative estimate of drug-likeness (QED) is 0.453. The van der Waals surface area contributed by atoms with E-state index in [4.69, 9.17) is 16.0 Å². The van der Waals surface area contributed by atoms with Gasteiger partial charge < -0.3 is 9.73 Å². The summed E-state index contributed by atoms with van der Waals surface area (Å²) in [6.07, 6.45) is 2.70. The second-order valence-electron chi connectivity index (χ2n) is 6.70. The summed E-state index contributed by atoms with van der Waals surface area (Å²) in [6.45, 7) is 0.473. The Bertz CT molecular complexity index is 1110. The van der Waals surface area contributed by atoms with Crippen LogP contribution in [0.4, 0.5) is 11.6 Å². The molecule has 0 atom stereocenters. The van der Waals surface area contributed by atoms with Gasteiger partial charge >= 0.3 is 0 Å². The molecule has 0 spiro atoms. The van der Waals surface area contributed by atoms with E-state index in [9.17, 15) is 4.91 Å². The molecule has 0 aliphatic heterocycles. The standard InChI is InChI=1S/C22H18ClN5O2/c23-17-7-3-15(4-8-17)12-20-25-21(13-16-5-9-18(28-29)10-6-16)27-22(26-20)24-14-19-2-1-11-30-19/h1-11H,12-14H2,(H,24,25,26,27)/p+1. The van der Waals surface area contributed by atoms with Gasteiger partial charge in [0.1, 0.15) is 17.4 Å². The van der Waals surface area contributed by atoms with Crippen LogP contribution in [0.3, 0.4) is 0 Å². The number of aromatic nitrogens is 3. The van der Waals surface area contributed by atoms with Crippen LogP contribution in [0.15, 0.2) is 71.3 Å². The molecule has 30 heavy (non-hydrogen) atoms. The van der Waals surface area contributed by atoms with Crippen LogP contribution in [0.25, 0.3) is 0 Å². The first kappa shape index (κ1) is 19.7. The van der Waals surface area contributed by atoms with E-state index in [0.29, 0.717) is 47.7 Å². The maximum Gasteiger partial charge on any atom is 0.253 e. The fourth-order valence-corrected chi connectivity index (χ4v) is 3.07. The summed E-state index contributed by atoms with van der Waals surface area (Å²) < 4.78 is 5.36. The summed E-state index contributed by atoms with van der Waals surface area (Å²) in [7, 11) is 0. The smallest absolute Gasteiger partial charge is 0.253 e. The SMILES string of the molecule is O=[NH+]c1ccc(Cc2nc(Cc3ccc(Cl)cc3)nc(NCc3ccco3)n2)cc1. The first-order valence-corrected chi connectivity index (χ1v) is 9.77. The third-order valence-electron chi connectivity index (χ3n) is 4.44. The van der Waals surface area contributed by atoms with Gasteiger partial charge in [0.25, 0.3) is 5.69 Å². The van der Waals surface area contributed by atoms with Crippen molar-refractivity contribution in [2.24, 2.45) is 0 Å².